The first-order valence-corrected chi connectivity index (χ1v) is 39.2. The van der Waals surface area contributed by atoms with Gasteiger partial charge in [0, 0.05) is 138 Å². The zero-order chi connectivity index (χ0) is 89.8. The normalized spacial score (nSPS) is 12.1. The largest absolute Gasteiger partial charge is 0.481 e. The Morgan fingerprint density at radius 2 is 0.330 bits per heavy atom. The highest BCUT2D eigenvalue weighted by atomic mass is 35.5. The molecule has 4 amide bonds. The number of halogens is 2. The van der Waals surface area contributed by atoms with Crippen molar-refractivity contribution < 1.29 is 145 Å². The van der Waals surface area contributed by atoms with Gasteiger partial charge in [0.15, 0.2) is 0 Å². The maximum Gasteiger partial charge on any atom is 0.306 e. The number of carboxylic acid groups (broad SMARTS) is 6. The van der Waals surface area contributed by atoms with Gasteiger partial charge in [-0.15, -0.1) is 0 Å². The van der Waals surface area contributed by atoms with E-state index in [-0.39, 0.29) is 167 Å². The fourth-order valence-electron chi connectivity index (χ4n) is 11.3. The summed E-state index contributed by atoms with van der Waals surface area (Å²) in [6.45, 7) is 31.1. The highest BCUT2D eigenvalue weighted by Gasteiger charge is 2.40. The van der Waals surface area contributed by atoms with Crippen LogP contribution < -0.4 is 21.3 Å². The molecule has 36 heteroatoms. The van der Waals surface area contributed by atoms with Crippen molar-refractivity contribution in [3.05, 3.63) is 0 Å². The van der Waals surface area contributed by atoms with Crippen LogP contribution in [0.5, 0.6) is 0 Å². The van der Waals surface area contributed by atoms with Crippen molar-refractivity contribution in [2.45, 2.75) is 392 Å². The van der Waals surface area contributed by atoms with Crippen LogP contribution in [0.15, 0.2) is 0 Å². The van der Waals surface area contributed by atoms with Gasteiger partial charge in [-0.1, -0.05) is 0 Å². The van der Waals surface area contributed by atoms with E-state index in [4.69, 9.17) is 82.3 Å². The Bertz CT molecular complexity index is 2800. The van der Waals surface area contributed by atoms with E-state index in [0.29, 0.717) is 6.42 Å². The minimum absolute atomic E-state index is 0.0230. The van der Waals surface area contributed by atoms with Gasteiger partial charge in [0.05, 0.1) is 0 Å². The number of carbonyl (C=O) groups excluding carboxylic acids is 12. The zero-order valence-corrected chi connectivity index (χ0v) is 72.1. The Morgan fingerprint density at radius 1 is 0.209 bits per heavy atom. The first kappa shape index (κ1) is 111. The number of carboxylic acids is 6. The van der Waals surface area contributed by atoms with Crippen LogP contribution in [-0.4, -0.2) is 192 Å². The van der Waals surface area contributed by atoms with E-state index < -0.39 is 200 Å². The van der Waals surface area contributed by atoms with E-state index >= 15 is 0 Å². The molecule has 0 radical (unpaired) electrons. The van der Waals surface area contributed by atoms with Gasteiger partial charge in [-0.3, -0.25) is 86.3 Å². The Kier molecular flexibility index (Phi) is 50.2. The lowest BCUT2D eigenvalue weighted by atomic mass is 9.83. The molecule has 0 saturated carbocycles. The summed E-state index contributed by atoms with van der Waals surface area (Å²) in [5, 5.41) is 64.8. The summed E-state index contributed by atoms with van der Waals surface area (Å²) in [5.74, 6) is -13.0. The molecule has 0 rings (SSSR count). The van der Waals surface area contributed by atoms with Crippen LogP contribution in [0.2, 0.25) is 0 Å². The summed E-state index contributed by atoms with van der Waals surface area (Å²) in [5.41, 5.74) is -10.1. The van der Waals surface area contributed by atoms with E-state index in [1.54, 1.807) is 125 Å². The van der Waals surface area contributed by atoms with Crippen LogP contribution in [-0.2, 0) is 115 Å². The van der Waals surface area contributed by atoms with Gasteiger partial charge in [-0.2, -0.15) is 0 Å². The van der Waals surface area contributed by atoms with Gasteiger partial charge in [0.2, 0.25) is 34.1 Å². The first-order chi connectivity index (χ1) is 52.2. The number of amides is 4. The molecule has 0 bridgehead atoms. The molecule has 115 heavy (non-hydrogen) atoms. The Labute approximate surface area is 684 Å². The molecule has 0 aromatic rings. The van der Waals surface area contributed by atoms with Crippen LogP contribution in [0, 0.1) is 0 Å². The molecule has 0 fully saturated rings. The second kappa shape index (κ2) is 52.2. The SMILES string of the molecule is CC(C)(C)OC(=O)CCC(CCC(=O)OC(C)(C)C)(CCC(=O)OC(C)(C)C)NC(=O)CCCC(=O)NC(CCC(=O)OC(C)(C)C)(CCC(=O)OC(C)(C)C)CCC(=O)OC(C)(C)C.O=C(Cl)CCCC(=O)Cl.O=C(O)CCC(CCC(=O)O)(CCC(=O)O)NC(=O)CCCC(=O)NC(CCC(=O)O)(CCC(=O)O)CCC(=O)O. The lowest BCUT2D eigenvalue weighted by molar-refractivity contribution is -0.158. The molecule has 0 aliphatic heterocycles. The smallest absolute Gasteiger partial charge is 0.306 e. The van der Waals surface area contributed by atoms with Crippen molar-refractivity contribution >= 4 is 129 Å². The Morgan fingerprint density at radius 3 is 0.443 bits per heavy atom. The number of hydrogen-bond donors (Lipinski definition) is 10. The highest BCUT2D eigenvalue weighted by Crippen LogP contribution is 2.33. The molecule has 0 aliphatic rings. The molecular weight excluding hydrogens is 1560 g/mol. The monoisotopic (exact) mass is 1680 g/mol. The molecule has 0 unspecified atom stereocenters. The minimum atomic E-state index is -1.44. The maximum absolute atomic E-state index is 13.9. The van der Waals surface area contributed by atoms with E-state index in [0.717, 1.165) is 0 Å². The van der Waals surface area contributed by atoms with Gasteiger partial charge >= 0.3 is 71.6 Å². The van der Waals surface area contributed by atoms with Gasteiger partial charge in [-0.25, -0.2) is 0 Å². The number of carbonyl (C=O) groups is 18. The van der Waals surface area contributed by atoms with Gasteiger partial charge < -0.3 is 80.3 Å². The molecule has 0 atom stereocenters. The molecule has 34 nitrogen and oxygen atoms in total. The van der Waals surface area contributed by atoms with E-state index in [1.165, 1.54) is 0 Å². The number of ether oxygens (including phenoxy) is 6. The van der Waals surface area contributed by atoms with Crippen molar-refractivity contribution in [2.75, 3.05) is 0 Å². The van der Waals surface area contributed by atoms with Crippen LogP contribution in [0.25, 0.3) is 0 Å². The number of hydrogen-bond acceptors (Lipinski definition) is 24. The number of rotatable bonds is 52. The third-order valence-corrected chi connectivity index (χ3v) is 16.6. The van der Waals surface area contributed by atoms with Crippen molar-refractivity contribution in [2.24, 2.45) is 0 Å². The fraction of sp³-hybridized carbons (Fsp3) is 0.772. The predicted octanol–water partition coefficient (Wildman–Crippen LogP) is 11.3. The standard InChI is InChI=1S/C49H86N2O14.C25H38N2O14.C5H6Cl2O2/c1-42(2,3)60-36(54)22-28-48(29-23-37(55)61-43(4,5)6,30-24-38(56)62-44(7,8)9)50-34(52)20-19-21-35(53)51-49(31-25-39(57)63-45(10,11)12,32-26-40(58)64-46(13,14)15)33-27-41(59)65-47(16,17)18;28-16(26-24(10-4-18(30)31,11-5-19(32)33)12-6-20(34)35)2-1-3-17(29)27-25(13-7-21(36)37,14-8-22(38)39)15-9-23(40)41;6-4(8)2-1-3-5(7)9/h19-33H2,1-18H3,(H,50,52)(H,51,53);1-15H2,(H,26,28)(H,27,29)(H,30,31)(H,32,33)(H,34,35)(H,36,37)(H,38,39)(H,40,41);1-3H2. The van der Waals surface area contributed by atoms with Gasteiger partial charge in [0.25, 0.3) is 0 Å². The summed E-state index contributed by atoms with van der Waals surface area (Å²) in [6.07, 6.45) is -4.93. The minimum Gasteiger partial charge on any atom is -0.481 e. The van der Waals surface area contributed by atoms with E-state index in [2.05, 4.69) is 21.3 Å². The van der Waals surface area contributed by atoms with Gasteiger partial charge in [-0.05, 0) is 244 Å². The van der Waals surface area contributed by atoms with Crippen LogP contribution >= 0.6 is 23.2 Å². The molecule has 0 aliphatic carbocycles. The second-order valence-electron chi connectivity index (χ2n) is 34.5. The average Bonchev–Trinajstić information content (AvgIpc) is 0.831. The lowest BCUT2D eigenvalue weighted by Gasteiger charge is -2.36. The van der Waals surface area contributed by atoms with Crippen LogP contribution in [0.4, 0.5) is 0 Å². The summed E-state index contributed by atoms with van der Waals surface area (Å²) < 4.78 is 33.3. The lowest BCUT2D eigenvalue weighted by Crippen LogP contribution is -2.50. The van der Waals surface area contributed by atoms with Crippen molar-refractivity contribution in [3.8, 4) is 0 Å². The maximum atomic E-state index is 13.9. The molecule has 660 valence electrons. The fourth-order valence-corrected chi connectivity index (χ4v) is 11.6. The average molecular weight is 1690 g/mol. The molecular formula is C79H130Cl2N4O30. The third kappa shape index (κ3) is 65.3. The van der Waals surface area contributed by atoms with Crippen LogP contribution in [0.1, 0.15) is 337 Å². The summed E-state index contributed by atoms with van der Waals surface area (Å²) >= 11 is 9.94. The zero-order valence-electron chi connectivity index (χ0n) is 70.6. The molecule has 0 spiro atoms. The van der Waals surface area contributed by atoms with Gasteiger partial charge in [0.1, 0.15) is 33.6 Å². The summed E-state index contributed by atoms with van der Waals surface area (Å²) in [7, 11) is 0. The third-order valence-electron chi connectivity index (χ3n) is 16.3. The van der Waals surface area contributed by atoms with Crippen molar-refractivity contribution in [1.82, 2.24) is 21.3 Å². The first-order valence-electron chi connectivity index (χ1n) is 38.4. The molecule has 0 aromatic carbocycles. The quantitative estimate of drug-likeness (QED) is 0.0154. The number of esters is 6. The number of aliphatic carboxylic acids is 6. The van der Waals surface area contributed by atoms with E-state index in [9.17, 15) is 86.3 Å². The number of nitrogens with one attached hydrogen (secondary N) is 4. The molecule has 0 aromatic heterocycles. The van der Waals surface area contributed by atoms with E-state index in [1.807, 2.05) is 0 Å². The molecule has 0 heterocycles. The summed E-state index contributed by atoms with van der Waals surface area (Å²) in [6, 6.07) is 0. The topological polar surface area (TPSA) is 532 Å². The molecule has 0 saturated heterocycles. The molecule has 10 N–H and O–H groups in total. The van der Waals surface area contributed by atoms with Crippen LogP contribution in [0.3, 0.4) is 0 Å². The second-order valence-corrected chi connectivity index (χ2v) is 35.3. The Balaban J connectivity index is -0.00000212. The Hall–Kier alpha value is -8.56. The highest BCUT2D eigenvalue weighted by molar-refractivity contribution is 6.64. The van der Waals surface area contributed by atoms with Crippen molar-refractivity contribution in [1.29, 1.82) is 0 Å². The summed E-state index contributed by atoms with van der Waals surface area (Å²) in [4.78, 5) is 218. The predicted molar refractivity (Wildman–Crippen MR) is 418 cm³/mol. The van der Waals surface area contributed by atoms with Crippen molar-refractivity contribution in [3.63, 3.8) is 0 Å².